The van der Waals surface area contributed by atoms with Crippen molar-refractivity contribution in [3.05, 3.63) is 53.3 Å². The highest BCUT2D eigenvalue weighted by Crippen LogP contribution is 2.36. The van der Waals surface area contributed by atoms with E-state index in [1.807, 2.05) is 18.2 Å². The maximum absolute atomic E-state index is 11.2. The van der Waals surface area contributed by atoms with Crippen LogP contribution in [0.3, 0.4) is 0 Å². The van der Waals surface area contributed by atoms with Crippen molar-refractivity contribution in [1.29, 1.82) is 0 Å². The number of aryl methyl sites for hydroxylation is 3. The van der Waals surface area contributed by atoms with Crippen molar-refractivity contribution in [2.24, 2.45) is 0 Å². The van der Waals surface area contributed by atoms with E-state index in [1.54, 1.807) is 0 Å². The molecule has 4 rings (SSSR count). The number of hydrogen-bond donors (Lipinski definition) is 2. The summed E-state index contributed by atoms with van der Waals surface area (Å²) in [6.45, 7) is 5.15. The first-order chi connectivity index (χ1) is 14.0. The Labute approximate surface area is 169 Å². The molecule has 0 saturated heterocycles. The van der Waals surface area contributed by atoms with E-state index in [4.69, 9.17) is 5.11 Å². The number of hydrogen-bond acceptors (Lipinski definition) is 2. The maximum atomic E-state index is 11.2. The van der Waals surface area contributed by atoms with Gasteiger partial charge < -0.3 is 10.1 Å². The molecule has 0 fully saturated rings. The molecule has 0 unspecified atom stereocenters. The van der Waals surface area contributed by atoms with Gasteiger partial charge in [0.05, 0.1) is 10.9 Å². The summed E-state index contributed by atoms with van der Waals surface area (Å²) in [5.41, 5.74) is 5.25. The van der Waals surface area contributed by atoms with Crippen molar-refractivity contribution in [3.8, 4) is 0 Å². The predicted molar refractivity (Wildman–Crippen MR) is 114 cm³/mol. The van der Waals surface area contributed by atoms with Crippen LogP contribution < -0.4 is 4.57 Å². The lowest BCUT2D eigenvalue weighted by Crippen LogP contribution is -2.32. The minimum Gasteiger partial charge on any atom is -0.481 e. The summed E-state index contributed by atoms with van der Waals surface area (Å²) in [7, 11) is 0. The molecule has 2 heterocycles. The van der Waals surface area contributed by atoms with Crippen LogP contribution in [-0.4, -0.2) is 22.3 Å². The van der Waals surface area contributed by atoms with E-state index >= 15 is 0 Å². The number of pyridine rings is 1. The number of H-pyrrole nitrogens is 1. The van der Waals surface area contributed by atoms with E-state index in [0.29, 0.717) is 5.56 Å². The maximum Gasteiger partial charge on any atom is 0.303 e. The highest BCUT2D eigenvalue weighted by molar-refractivity contribution is 6.16. The number of benzene rings is 2. The Kier molecular flexibility index (Phi) is 5.05. The fourth-order valence-corrected chi connectivity index (χ4v) is 4.27. The Balaban J connectivity index is 1.74. The van der Waals surface area contributed by atoms with Crippen molar-refractivity contribution in [3.63, 3.8) is 0 Å². The van der Waals surface area contributed by atoms with E-state index < -0.39 is 5.97 Å². The second-order valence-corrected chi connectivity index (χ2v) is 7.76. The van der Waals surface area contributed by atoms with Crippen molar-refractivity contribution in [1.82, 2.24) is 4.98 Å². The van der Waals surface area contributed by atoms with Gasteiger partial charge >= 0.3 is 5.97 Å². The third-order valence-corrected chi connectivity index (χ3v) is 5.84. The highest BCUT2D eigenvalue weighted by atomic mass is 16.4. The summed E-state index contributed by atoms with van der Waals surface area (Å²) in [5, 5.41) is 13.4. The molecule has 0 aliphatic heterocycles. The van der Waals surface area contributed by atoms with E-state index in [9.17, 15) is 9.59 Å². The summed E-state index contributed by atoms with van der Waals surface area (Å²) in [5.74, 6) is -0.725. The summed E-state index contributed by atoms with van der Waals surface area (Å²) < 4.78 is 2.19. The number of carboxylic acids is 1. The number of carboxylic acid groups (broad SMARTS) is 1. The molecule has 0 saturated carbocycles. The molecule has 148 valence electrons. The Morgan fingerprint density at radius 1 is 1.07 bits per heavy atom. The van der Waals surface area contributed by atoms with Crippen LogP contribution in [0.1, 0.15) is 47.2 Å². The summed E-state index contributed by atoms with van der Waals surface area (Å²) >= 11 is 0. The Bertz CT molecular complexity index is 1250. The number of carbonyl (C=O) groups is 2. The third kappa shape index (κ3) is 3.48. The van der Waals surface area contributed by atoms with Gasteiger partial charge in [0.1, 0.15) is 12.8 Å². The number of fused-ring (bicyclic) bond motifs is 4. The highest BCUT2D eigenvalue weighted by Gasteiger charge is 2.16. The smallest absolute Gasteiger partial charge is 0.303 e. The minimum atomic E-state index is -0.725. The summed E-state index contributed by atoms with van der Waals surface area (Å²) in [6, 6.07) is 7.93. The molecule has 2 N–H and O–H groups in total. The first-order valence-corrected chi connectivity index (χ1v) is 10.0. The predicted octanol–water partition coefficient (Wildman–Crippen LogP) is 4.84. The molecular weight excluding hydrogens is 364 g/mol. The van der Waals surface area contributed by atoms with Gasteiger partial charge in [-0.2, -0.15) is 0 Å². The molecule has 29 heavy (non-hydrogen) atoms. The molecule has 2 aromatic heterocycles. The SMILES string of the molecule is Cc1c2c[n+](CCCCCC(=O)O)ccc2c(C)c2c1[nH]c1ccc(C=O)cc12. The van der Waals surface area contributed by atoms with E-state index in [-0.39, 0.29) is 6.42 Å². The average molecular weight is 389 g/mol. The Morgan fingerprint density at radius 2 is 1.90 bits per heavy atom. The zero-order valence-electron chi connectivity index (χ0n) is 16.8. The molecule has 0 radical (unpaired) electrons. The van der Waals surface area contributed by atoms with Crippen LogP contribution >= 0.6 is 0 Å². The fourth-order valence-electron chi connectivity index (χ4n) is 4.27. The van der Waals surface area contributed by atoms with Crippen LogP contribution in [0.2, 0.25) is 0 Å². The number of unbranched alkanes of at least 4 members (excludes halogenated alkanes) is 2. The minimum absolute atomic E-state index is 0.241. The molecule has 4 aromatic rings. The number of aromatic amines is 1. The third-order valence-electron chi connectivity index (χ3n) is 5.84. The molecule has 5 heteroatoms. The van der Waals surface area contributed by atoms with Gasteiger partial charge in [-0.15, -0.1) is 0 Å². The van der Waals surface area contributed by atoms with Crippen LogP contribution in [0.25, 0.3) is 32.6 Å². The van der Waals surface area contributed by atoms with Gasteiger partial charge in [0.2, 0.25) is 0 Å². The molecule has 5 nitrogen and oxygen atoms in total. The molecule has 0 spiro atoms. The van der Waals surface area contributed by atoms with Crippen LogP contribution in [0, 0.1) is 13.8 Å². The van der Waals surface area contributed by atoms with Gasteiger partial charge in [0.15, 0.2) is 12.4 Å². The monoisotopic (exact) mass is 389 g/mol. The number of carbonyl (C=O) groups excluding carboxylic acids is 1. The lowest BCUT2D eigenvalue weighted by atomic mass is 9.96. The van der Waals surface area contributed by atoms with Crippen molar-refractivity contribution in [2.45, 2.75) is 46.1 Å². The molecule has 2 aromatic carbocycles. The van der Waals surface area contributed by atoms with Crippen LogP contribution in [0.5, 0.6) is 0 Å². The Morgan fingerprint density at radius 3 is 2.66 bits per heavy atom. The Hall–Kier alpha value is -3.21. The first-order valence-electron chi connectivity index (χ1n) is 10.0. The van der Waals surface area contributed by atoms with Crippen molar-refractivity contribution >= 4 is 44.8 Å². The van der Waals surface area contributed by atoms with E-state index in [2.05, 4.69) is 41.9 Å². The number of aromatic nitrogens is 2. The van der Waals surface area contributed by atoms with Gasteiger partial charge in [-0.05, 0) is 61.4 Å². The normalized spacial score (nSPS) is 11.5. The van der Waals surface area contributed by atoms with E-state index in [1.165, 1.54) is 27.3 Å². The van der Waals surface area contributed by atoms with Gasteiger partial charge in [0.25, 0.3) is 0 Å². The standard InChI is InChI=1S/C24H24N2O3/c1-15-18-9-11-26(10-5-3-4-6-22(28)29)13-20(18)16(2)24-23(15)19-12-17(14-27)7-8-21(19)25-24/h7-9,11-14H,3-6,10H2,1-2H3,(H,28,29)/p+1. The molecule has 0 aliphatic carbocycles. The number of aliphatic carboxylic acids is 1. The van der Waals surface area contributed by atoms with Gasteiger partial charge in [0, 0.05) is 40.8 Å². The van der Waals surface area contributed by atoms with Crippen molar-refractivity contribution in [2.75, 3.05) is 0 Å². The lowest BCUT2D eigenvalue weighted by molar-refractivity contribution is -0.696. The lowest BCUT2D eigenvalue weighted by Gasteiger charge is -2.08. The largest absolute Gasteiger partial charge is 0.481 e. The molecular formula is C24H25N2O3+. The van der Waals surface area contributed by atoms with Crippen LogP contribution in [0.15, 0.2) is 36.7 Å². The summed E-state index contributed by atoms with van der Waals surface area (Å²) in [6.07, 6.45) is 8.02. The number of rotatable bonds is 7. The summed E-state index contributed by atoms with van der Waals surface area (Å²) in [4.78, 5) is 25.4. The number of nitrogens with one attached hydrogen (secondary N) is 1. The second kappa shape index (κ2) is 7.66. The molecule has 0 amide bonds. The van der Waals surface area contributed by atoms with E-state index in [0.717, 1.165) is 48.5 Å². The van der Waals surface area contributed by atoms with Gasteiger partial charge in [-0.1, -0.05) is 0 Å². The molecule has 0 bridgehead atoms. The van der Waals surface area contributed by atoms with Gasteiger partial charge in [-0.3, -0.25) is 9.59 Å². The van der Waals surface area contributed by atoms with Crippen LogP contribution in [-0.2, 0) is 11.3 Å². The second-order valence-electron chi connectivity index (χ2n) is 7.76. The quantitative estimate of drug-likeness (QED) is 0.270. The fraction of sp³-hybridized carbons (Fsp3) is 0.292. The van der Waals surface area contributed by atoms with Crippen molar-refractivity contribution < 1.29 is 19.3 Å². The first kappa shape index (κ1) is 19.1. The molecule has 0 aliphatic rings. The average Bonchev–Trinajstić information content (AvgIpc) is 3.10. The zero-order chi connectivity index (χ0) is 20.5. The van der Waals surface area contributed by atoms with Crippen LogP contribution in [0.4, 0.5) is 0 Å². The van der Waals surface area contributed by atoms with Gasteiger partial charge in [-0.25, -0.2) is 4.57 Å². The molecule has 0 atom stereocenters. The number of nitrogens with zero attached hydrogens (tertiary/aromatic N) is 1. The number of aldehydes is 1. The zero-order valence-corrected chi connectivity index (χ0v) is 16.8. The topological polar surface area (TPSA) is 74.0 Å².